The van der Waals surface area contributed by atoms with Crippen molar-refractivity contribution in [2.75, 3.05) is 0 Å². The van der Waals surface area contributed by atoms with Gasteiger partial charge in [0.25, 0.3) is 0 Å². The van der Waals surface area contributed by atoms with Crippen LogP contribution in [0.5, 0.6) is 0 Å². The quantitative estimate of drug-likeness (QED) is 0.876. The van der Waals surface area contributed by atoms with Crippen molar-refractivity contribution in [3.8, 4) is 0 Å². The van der Waals surface area contributed by atoms with Crippen molar-refractivity contribution < 1.29 is 9.90 Å². The monoisotopic (exact) mass is 264 g/mol. The molecule has 0 aromatic heterocycles. The SMILES string of the molecule is O=C(O)C1(c2ccccc2Cl)CC2(CCCC2)C1. The van der Waals surface area contributed by atoms with Gasteiger partial charge in [0.15, 0.2) is 0 Å². The van der Waals surface area contributed by atoms with Gasteiger partial charge in [0.2, 0.25) is 0 Å². The number of aliphatic carboxylic acids is 1. The van der Waals surface area contributed by atoms with E-state index in [1.54, 1.807) is 6.07 Å². The second kappa shape index (κ2) is 3.99. The molecule has 0 amide bonds. The van der Waals surface area contributed by atoms with Crippen molar-refractivity contribution in [2.45, 2.75) is 43.9 Å². The average molecular weight is 265 g/mol. The van der Waals surface area contributed by atoms with Gasteiger partial charge in [0.1, 0.15) is 0 Å². The molecular formula is C15H17ClO2. The number of carboxylic acid groups (broad SMARTS) is 1. The molecule has 1 aromatic carbocycles. The van der Waals surface area contributed by atoms with Gasteiger partial charge < -0.3 is 5.11 Å². The maximum atomic E-state index is 11.7. The van der Waals surface area contributed by atoms with Crippen LogP contribution >= 0.6 is 11.6 Å². The third-order valence-electron chi connectivity index (χ3n) is 4.82. The normalized spacial score (nSPS) is 23.8. The summed E-state index contributed by atoms with van der Waals surface area (Å²) >= 11 is 6.20. The average Bonchev–Trinajstić information content (AvgIpc) is 2.76. The molecule has 96 valence electrons. The van der Waals surface area contributed by atoms with E-state index in [1.165, 1.54) is 25.7 Å². The smallest absolute Gasteiger partial charge is 0.314 e. The van der Waals surface area contributed by atoms with E-state index in [4.69, 9.17) is 11.6 Å². The fourth-order valence-electron chi connectivity index (χ4n) is 4.01. The lowest BCUT2D eigenvalue weighted by Gasteiger charge is -2.53. The van der Waals surface area contributed by atoms with Gasteiger partial charge in [-0.25, -0.2) is 0 Å². The molecule has 3 heteroatoms. The van der Waals surface area contributed by atoms with Gasteiger partial charge in [0, 0.05) is 5.02 Å². The predicted octanol–water partition coefficient (Wildman–Crippen LogP) is 4.02. The molecule has 18 heavy (non-hydrogen) atoms. The van der Waals surface area contributed by atoms with E-state index in [1.807, 2.05) is 18.2 Å². The molecular weight excluding hydrogens is 248 g/mol. The number of halogens is 1. The van der Waals surface area contributed by atoms with Crippen LogP contribution in [0.4, 0.5) is 0 Å². The van der Waals surface area contributed by atoms with Gasteiger partial charge in [0.05, 0.1) is 5.41 Å². The minimum Gasteiger partial charge on any atom is -0.481 e. The first-order chi connectivity index (χ1) is 8.58. The molecule has 1 N–H and O–H groups in total. The summed E-state index contributed by atoms with van der Waals surface area (Å²) in [5, 5.41) is 10.2. The van der Waals surface area contributed by atoms with E-state index in [0.29, 0.717) is 5.02 Å². The lowest BCUT2D eigenvalue weighted by Crippen LogP contribution is -2.53. The highest BCUT2D eigenvalue weighted by atomic mass is 35.5. The van der Waals surface area contributed by atoms with Crippen LogP contribution in [0.1, 0.15) is 44.1 Å². The molecule has 0 atom stereocenters. The van der Waals surface area contributed by atoms with Crippen LogP contribution < -0.4 is 0 Å². The van der Waals surface area contributed by atoms with Gasteiger partial charge in [-0.2, -0.15) is 0 Å². The Morgan fingerprint density at radius 1 is 1.17 bits per heavy atom. The van der Waals surface area contributed by atoms with Gasteiger partial charge >= 0.3 is 5.97 Å². The van der Waals surface area contributed by atoms with Gasteiger partial charge in [-0.05, 0) is 42.7 Å². The van der Waals surface area contributed by atoms with Crippen molar-refractivity contribution in [3.63, 3.8) is 0 Å². The zero-order valence-electron chi connectivity index (χ0n) is 10.3. The molecule has 2 aliphatic rings. The molecule has 0 heterocycles. The molecule has 0 radical (unpaired) electrons. The van der Waals surface area contributed by atoms with Crippen molar-refractivity contribution in [1.29, 1.82) is 0 Å². The van der Waals surface area contributed by atoms with E-state index < -0.39 is 11.4 Å². The largest absolute Gasteiger partial charge is 0.481 e. The number of hydrogen-bond donors (Lipinski definition) is 1. The summed E-state index contributed by atoms with van der Waals surface area (Å²) in [6.07, 6.45) is 6.40. The highest BCUT2D eigenvalue weighted by molar-refractivity contribution is 6.31. The van der Waals surface area contributed by atoms with Crippen molar-refractivity contribution >= 4 is 17.6 Å². The van der Waals surface area contributed by atoms with E-state index >= 15 is 0 Å². The molecule has 1 spiro atoms. The summed E-state index contributed by atoms with van der Waals surface area (Å²) in [7, 11) is 0. The summed E-state index contributed by atoms with van der Waals surface area (Å²) < 4.78 is 0. The molecule has 1 aromatic rings. The van der Waals surface area contributed by atoms with Gasteiger partial charge in [-0.3, -0.25) is 4.79 Å². The fourth-order valence-corrected chi connectivity index (χ4v) is 4.33. The van der Waals surface area contributed by atoms with E-state index in [0.717, 1.165) is 18.4 Å². The number of hydrogen-bond acceptors (Lipinski definition) is 1. The molecule has 0 aliphatic heterocycles. The molecule has 2 saturated carbocycles. The summed E-state index contributed by atoms with van der Waals surface area (Å²) in [5.74, 6) is -0.715. The highest BCUT2D eigenvalue weighted by Gasteiger charge is 2.60. The third kappa shape index (κ3) is 1.58. The van der Waals surface area contributed by atoms with E-state index in [2.05, 4.69) is 0 Å². The lowest BCUT2D eigenvalue weighted by atomic mass is 9.49. The summed E-state index contributed by atoms with van der Waals surface area (Å²) in [6, 6.07) is 7.40. The second-order valence-electron chi connectivity index (χ2n) is 5.93. The lowest BCUT2D eigenvalue weighted by molar-refractivity contribution is -0.154. The Hall–Kier alpha value is -1.02. The van der Waals surface area contributed by atoms with Gasteiger partial charge in [-0.1, -0.05) is 42.6 Å². The van der Waals surface area contributed by atoms with Crippen LogP contribution in [-0.2, 0) is 10.2 Å². The number of carbonyl (C=O) groups is 1. The van der Waals surface area contributed by atoms with E-state index in [-0.39, 0.29) is 5.41 Å². The Bertz CT molecular complexity index is 481. The minimum atomic E-state index is -0.733. The topological polar surface area (TPSA) is 37.3 Å². The molecule has 0 saturated heterocycles. The van der Waals surface area contributed by atoms with Crippen molar-refractivity contribution in [1.82, 2.24) is 0 Å². The van der Waals surface area contributed by atoms with Crippen LogP contribution in [0.3, 0.4) is 0 Å². The minimum absolute atomic E-state index is 0.289. The van der Waals surface area contributed by atoms with Crippen LogP contribution in [-0.4, -0.2) is 11.1 Å². The van der Waals surface area contributed by atoms with Crippen molar-refractivity contribution in [3.05, 3.63) is 34.9 Å². The molecule has 0 unspecified atom stereocenters. The maximum Gasteiger partial charge on any atom is 0.314 e. The molecule has 2 aliphatic carbocycles. The fraction of sp³-hybridized carbons (Fsp3) is 0.533. The maximum absolute atomic E-state index is 11.7. The number of rotatable bonds is 2. The van der Waals surface area contributed by atoms with E-state index in [9.17, 15) is 9.90 Å². The third-order valence-corrected chi connectivity index (χ3v) is 5.15. The van der Waals surface area contributed by atoms with Crippen molar-refractivity contribution in [2.24, 2.45) is 5.41 Å². The number of carboxylic acids is 1. The first kappa shape index (κ1) is 12.0. The van der Waals surface area contributed by atoms with Crippen LogP contribution in [0.15, 0.2) is 24.3 Å². The predicted molar refractivity (Wildman–Crippen MR) is 70.9 cm³/mol. The zero-order chi connectivity index (χ0) is 12.8. The second-order valence-corrected chi connectivity index (χ2v) is 6.33. The van der Waals surface area contributed by atoms with Crippen LogP contribution in [0, 0.1) is 5.41 Å². The molecule has 2 nitrogen and oxygen atoms in total. The van der Waals surface area contributed by atoms with Crippen LogP contribution in [0.2, 0.25) is 5.02 Å². The standard InChI is InChI=1S/C15H17ClO2/c16-12-6-2-1-5-11(12)15(13(17)18)9-14(10-15)7-3-4-8-14/h1-2,5-6H,3-4,7-10H2,(H,17,18). The summed E-state index contributed by atoms with van der Waals surface area (Å²) in [4.78, 5) is 11.7. The summed E-state index contributed by atoms with van der Waals surface area (Å²) in [6.45, 7) is 0. The Balaban J connectivity index is 1.96. The summed E-state index contributed by atoms with van der Waals surface area (Å²) in [5.41, 5.74) is 0.358. The highest BCUT2D eigenvalue weighted by Crippen LogP contribution is 2.63. The zero-order valence-corrected chi connectivity index (χ0v) is 11.0. The van der Waals surface area contributed by atoms with Crippen LogP contribution in [0.25, 0.3) is 0 Å². The molecule has 0 bridgehead atoms. The molecule has 2 fully saturated rings. The number of benzene rings is 1. The Kier molecular flexibility index (Phi) is 2.67. The Labute approximate surface area is 112 Å². The Morgan fingerprint density at radius 3 is 2.33 bits per heavy atom. The molecule has 3 rings (SSSR count). The first-order valence-corrected chi connectivity index (χ1v) is 6.94. The Morgan fingerprint density at radius 2 is 1.78 bits per heavy atom. The first-order valence-electron chi connectivity index (χ1n) is 6.57. The van der Waals surface area contributed by atoms with Gasteiger partial charge in [-0.15, -0.1) is 0 Å².